The Kier molecular flexibility index (Phi) is 8.52. The summed E-state index contributed by atoms with van der Waals surface area (Å²) >= 11 is 0. The van der Waals surface area contributed by atoms with Gasteiger partial charge in [-0.15, -0.1) is 0 Å². The smallest absolute Gasteiger partial charge is 0.236 e. The fourth-order valence-corrected chi connectivity index (χ4v) is 1.23. The van der Waals surface area contributed by atoms with Gasteiger partial charge in [0.25, 0.3) is 0 Å². The molecule has 0 radical (unpaired) electrons. The zero-order valence-electron chi connectivity index (χ0n) is 10.2. The van der Waals surface area contributed by atoms with E-state index in [0.717, 1.165) is 12.8 Å². The zero-order chi connectivity index (χ0) is 12.4. The second-order valence-electron chi connectivity index (χ2n) is 3.79. The summed E-state index contributed by atoms with van der Waals surface area (Å²) in [4.78, 5) is 22.5. The molecule has 0 spiro atoms. The third kappa shape index (κ3) is 7.23. The Bertz CT molecular complexity index is 219. The average Bonchev–Trinajstić information content (AvgIpc) is 2.26. The van der Waals surface area contributed by atoms with Gasteiger partial charge in [0.15, 0.2) is 0 Å². The van der Waals surface area contributed by atoms with E-state index in [1.165, 1.54) is 0 Å². The van der Waals surface area contributed by atoms with Crippen LogP contribution in [0.15, 0.2) is 0 Å². The number of nitrogens with two attached hydrogens (primary N) is 1. The number of hydrogen-bond donors (Lipinski definition) is 3. The fraction of sp³-hybridized carbons (Fsp3) is 0.818. The van der Waals surface area contributed by atoms with Crippen molar-refractivity contribution in [3.63, 3.8) is 0 Å². The summed E-state index contributed by atoms with van der Waals surface area (Å²) in [5.41, 5.74) is 5.61. The van der Waals surface area contributed by atoms with Gasteiger partial charge in [-0.25, -0.2) is 0 Å². The highest BCUT2D eigenvalue weighted by Gasteiger charge is 2.11. The van der Waals surface area contributed by atoms with Crippen molar-refractivity contribution in [1.82, 2.24) is 10.6 Å². The molecule has 0 saturated carbocycles. The predicted octanol–water partition coefficient (Wildman–Crippen LogP) is 0.146. The Morgan fingerprint density at radius 3 is 2.38 bits per heavy atom. The van der Waals surface area contributed by atoms with E-state index in [4.69, 9.17) is 5.73 Å². The minimum Gasteiger partial charge on any atom is -0.356 e. The van der Waals surface area contributed by atoms with E-state index < -0.39 is 6.04 Å². The highest BCUT2D eigenvalue weighted by molar-refractivity contribution is 5.82. The van der Waals surface area contributed by atoms with Gasteiger partial charge in [-0.1, -0.05) is 20.3 Å². The molecule has 94 valence electrons. The van der Waals surface area contributed by atoms with Crippen LogP contribution in [0.1, 0.15) is 39.5 Å². The maximum Gasteiger partial charge on any atom is 0.236 e. The van der Waals surface area contributed by atoms with Crippen molar-refractivity contribution in [1.29, 1.82) is 0 Å². The molecular weight excluding hydrogens is 206 g/mol. The Morgan fingerprint density at radius 1 is 1.12 bits per heavy atom. The number of hydrogen-bond acceptors (Lipinski definition) is 3. The standard InChI is InChI=1S/C11H23N3O2/c1-3-5-9(12)11(16)14-8-6-10(15)13-7-4-2/h9H,3-8,12H2,1-2H3,(H,13,15)(H,14,16). The zero-order valence-corrected chi connectivity index (χ0v) is 10.2. The summed E-state index contributed by atoms with van der Waals surface area (Å²) in [7, 11) is 0. The Hall–Kier alpha value is -1.10. The van der Waals surface area contributed by atoms with Crippen LogP contribution in [0.3, 0.4) is 0 Å². The summed E-state index contributed by atoms with van der Waals surface area (Å²) < 4.78 is 0. The first-order valence-electron chi connectivity index (χ1n) is 5.91. The van der Waals surface area contributed by atoms with Crippen molar-refractivity contribution in [2.24, 2.45) is 5.73 Å². The van der Waals surface area contributed by atoms with E-state index in [0.29, 0.717) is 25.9 Å². The Balaban J connectivity index is 3.57. The van der Waals surface area contributed by atoms with Crippen molar-refractivity contribution in [2.45, 2.75) is 45.6 Å². The quantitative estimate of drug-likeness (QED) is 0.554. The Morgan fingerprint density at radius 2 is 1.81 bits per heavy atom. The lowest BCUT2D eigenvalue weighted by atomic mass is 10.1. The number of rotatable bonds is 8. The van der Waals surface area contributed by atoms with Crippen molar-refractivity contribution in [3.8, 4) is 0 Å². The molecule has 4 N–H and O–H groups in total. The van der Waals surface area contributed by atoms with Gasteiger partial charge in [-0.3, -0.25) is 9.59 Å². The third-order valence-electron chi connectivity index (χ3n) is 2.16. The number of carbonyl (C=O) groups excluding carboxylic acids is 2. The normalized spacial score (nSPS) is 11.9. The number of nitrogens with one attached hydrogen (secondary N) is 2. The molecule has 16 heavy (non-hydrogen) atoms. The van der Waals surface area contributed by atoms with Crippen LogP contribution in [0.2, 0.25) is 0 Å². The molecule has 0 aliphatic carbocycles. The van der Waals surface area contributed by atoms with Gasteiger partial charge >= 0.3 is 0 Å². The molecule has 0 aliphatic rings. The second-order valence-corrected chi connectivity index (χ2v) is 3.79. The first-order valence-corrected chi connectivity index (χ1v) is 5.91. The van der Waals surface area contributed by atoms with E-state index in [-0.39, 0.29) is 11.8 Å². The van der Waals surface area contributed by atoms with Crippen LogP contribution < -0.4 is 16.4 Å². The molecule has 0 fully saturated rings. The number of carbonyl (C=O) groups is 2. The van der Waals surface area contributed by atoms with Gasteiger partial charge in [-0.05, 0) is 12.8 Å². The minimum atomic E-state index is -0.455. The van der Waals surface area contributed by atoms with Crippen LogP contribution in [0.5, 0.6) is 0 Å². The molecule has 0 heterocycles. The maximum absolute atomic E-state index is 11.4. The topological polar surface area (TPSA) is 84.2 Å². The summed E-state index contributed by atoms with van der Waals surface area (Å²) in [6.45, 7) is 5.01. The van der Waals surface area contributed by atoms with E-state index in [9.17, 15) is 9.59 Å². The molecule has 0 aromatic carbocycles. The van der Waals surface area contributed by atoms with Crippen molar-refractivity contribution < 1.29 is 9.59 Å². The molecule has 5 nitrogen and oxygen atoms in total. The van der Waals surface area contributed by atoms with Gasteiger partial charge < -0.3 is 16.4 Å². The molecular formula is C11H23N3O2. The lowest BCUT2D eigenvalue weighted by molar-refractivity contribution is -0.123. The summed E-state index contributed by atoms with van der Waals surface area (Å²) in [5.74, 6) is -0.212. The van der Waals surface area contributed by atoms with E-state index in [2.05, 4.69) is 10.6 Å². The first-order chi connectivity index (χ1) is 7.61. The first kappa shape index (κ1) is 14.9. The van der Waals surface area contributed by atoms with Gasteiger partial charge in [0, 0.05) is 19.5 Å². The van der Waals surface area contributed by atoms with Crippen molar-refractivity contribution >= 4 is 11.8 Å². The van der Waals surface area contributed by atoms with E-state index in [1.54, 1.807) is 0 Å². The van der Waals surface area contributed by atoms with Crippen LogP contribution in [0.25, 0.3) is 0 Å². The molecule has 1 unspecified atom stereocenters. The molecule has 0 aliphatic heterocycles. The summed E-state index contributed by atoms with van der Waals surface area (Å²) in [5, 5.41) is 5.39. The van der Waals surface area contributed by atoms with Crippen molar-refractivity contribution in [3.05, 3.63) is 0 Å². The van der Waals surface area contributed by atoms with Crippen LogP contribution in [-0.4, -0.2) is 30.9 Å². The lowest BCUT2D eigenvalue weighted by Crippen LogP contribution is -2.41. The largest absolute Gasteiger partial charge is 0.356 e. The summed E-state index contributed by atoms with van der Waals surface area (Å²) in [6.07, 6.45) is 2.78. The van der Waals surface area contributed by atoms with Gasteiger partial charge in [0.2, 0.25) is 11.8 Å². The van der Waals surface area contributed by atoms with Crippen LogP contribution in [0.4, 0.5) is 0 Å². The SMILES string of the molecule is CCCNC(=O)CCNC(=O)C(N)CCC. The van der Waals surface area contributed by atoms with Gasteiger partial charge in [0.05, 0.1) is 6.04 Å². The maximum atomic E-state index is 11.4. The fourth-order valence-electron chi connectivity index (χ4n) is 1.23. The van der Waals surface area contributed by atoms with Crippen LogP contribution >= 0.6 is 0 Å². The molecule has 0 aromatic heterocycles. The lowest BCUT2D eigenvalue weighted by Gasteiger charge is -2.10. The van der Waals surface area contributed by atoms with E-state index >= 15 is 0 Å². The molecule has 0 bridgehead atoms. The monoisotopic (exact) mass is 229 g/mol. The van der Waals surface area contributed by atoms with Crippen molar-refractivity contribution in [2.75, 3.05) is 13.1 Å². The second kappa shape index (κ2) is 9.15. The molecule has 2 amide bonds. The minimum absolute atomic E-state index is 0.0359. The summed E-state index contributed by atoms with van der Waals surface area (Å²) in [6, 6.07) is -0.455. The molecule has 0 aromatic rings. The average molecular weight is 229 g/mol. The highest BCUT2D eigenvalue weighted by atomic mass is 16.2. The third-order valence-corrected chi connectivity index (χ3v) is 2.16. The van der Waals surface area contributed by atoms with Crippen LogP contribution in [0, 0.1) is 0 Å². The van der Waals surface area contributed by atoms with Gasteiger partial charge in [0.1, 0.15) is 0 Å². The van der Waals surface area contributed by atoms with E-state index in [1.807, 2.05) is 13.8 Å². The molecule has 1 atom stereocenters. The van der Waals surface area contributed by atoms with Crippen LogP contribution in [-0.2, 0) is 9.59 Å². The van der Waals surface area contributed by atoms with Gasteiger partial charge in [-0.2, -0.15) is 0 Å². The molecule has 0 rings (SSSR count). The molecule has 0 saturated heterocycles. The molecule has 5 heteroatoms. The highest BCUT2D eigenvalue weighted by Crippen LogP contribution is 1.92. The predicted molar refractivity (Wildman–Crippen MR) is 63.8 cm³/mol. The number of amides is 2. The Labute approximate surface area is 97.2 Å².